The number of benzene rings is 2. The molecule has 258 valence electrons. The van der Waals surface area contributed by atoms with Gasteiger partial charge in [-0.1, -0.05) is 19.1 Å². The van der Waals surface area contributed by atoms with Crippen LogP contribution in [0.1, 0.15) is 36.0 Å². The fourth-order valence-electron chi connectivity index (χ4n) is 7.79. The Hall–Kier alpha value is -4.74. The van der Waals surface area contributed by atoms with Gasteiger partial charge in [0.2, 0.25) is 11.7 Å². The average molecular weight is 676 g/mol. The van der Waals surface area contributed by atoms with Crippen LogP contribution in [0, 0.1) is 11.8 Å². The summed E-state index contributed by atoms with van der Waals surface area (Å²) in [6.07, 6.45) is -1.10. The molecule has 6 rings (SSSR count). The number of nitrogens with one attached hydrogen (secondary N) is 2. The first-order valence-corrected chi connectivity index (χ1v) is 15.8. The Labute approximate surface area is 280 Å². The number of amides is 2. The van der Waals surface area contributed by atoms with Gasteiger partial charge in [-0.3, -0.25) is 24.1 Å². The Morgan fingerprint density at radius 1 is 1.14 bits per heavy atom. The quantitative estimate of drug-likeness (QED) is 0.0991. The number of ketones is 2. The van der Waals surface area contributed by atoms with Gasteiger partial charge in [0, 0.05) is 36.8 Å². The average Bonchev–Trinajstić information content (AvgIpc) is 3.03. The van der Waals surface area contributed by atoms with Crippen molar-refractivity contribution in [1.82, 2.24) is 4.90 Å². The van der Waals surface area contributed by atoms with Crippen molar-refractivity contribution in [3.8, 4) is 5.75 Å². The zero-order valence-corrected chi connectivity index (χ0v) is 26.9. The molecule has 3 aliphatic carbocycles. The molecule has 1 fully saturated rings. The van der Waals surface area contributed by atoms with E-state index in [0.29, 0.717) is 29.7 Å². The van der Waals surface area contributed by atoms with Gasteiger partial charge in [0.25, 0.3) is 5.91 Å². The van der Waals surface area contributed by atoms with E-state index in [9.17, 15) is 49.7 Å². The monoisotopic (exact) mass is 676 g/mol. The summed E-state index contributed by atoms with van der Waals surface area (Å²) in [6.45, 7) is 2.08. The van der Waals surface area contributed by atoms with Crippen LogP contribution in [0.25, 0.3) is 5.76 Å². The van der Waals surface area contributed by atoms with Crippen molar-refractivity contribution in [2.45, 2.75) is 43.4 Å². The molecule has 1 aliphatic heterocycles. The molecule has 15 nitrogen and oxygen atoms in total. The number of aromatic hydroxyl groups is 1. The highest BCUT2D eigenvalue weighted by Gasteiger charge is 2.68. The highest BCUT2D eigenvalue weighted by atomic mass is 16.5. The van der Waals surface area contributed by atoms with Gasteiger partial charge in [-0.05, 0) is 61.2 Å². The van der Waals surface area contributed by atoms with Crippen molar-refractivity contribution < 1.29 is 54.4 Å². The Morgan fingerprint density at radius 2 is 1.86 bits per heavy atom. The molecule has 1 saturated carbocycles. The number of phenols is 1. The van der Waals surface area contributed by atoms with E-state index in [1.165, 1.54) is 25.1 Å². The molecule has 4 aliphatic rings. The number of carbonyl (C=O) groups excluding carboxylic acids is 4. The maximum atomic E-state index is 14.2. The van der Waals surface area contributed by atoms with E-state index in [0.717, 1.165) is 5.56 Å². The smallest absolute Gasteiger partial charge is 0.491 e. The lowest BCUT2D eigenvalue weighted by atomic mass is 9.54. The lowest BCUT2D eigenvalue weighted by molar-refractivity contribution is -0.169. The molecular formula is C33H37BN4O11. The fourth-order valence-corrected chi connectivity index (χ4v) is 7.79. The van der Waals surface area contributed by atoms with E-state index in [1.54, 1.807) is 25.1 Å². The summed E-state index contributed by atoms with van der Waals surface area (Å²) in [5.41, 5.74) is 3.12. The number of likely N-dealkylation sites (N-methyl/N-ethyl adjacent to an activating group) is 1. The van der Waals surface area contributed by atoms with Crippen molar-refractivity contribution >= 4 is 53.1 Å². The molecule has 16 heteroatoms. The maximum Gasteiger partial charge on any atom is 0.491 e. The number of nitrogens with two attached hydrogens (primary N) is 1. The van der Waals surface area contributed by atoms with Gasteiger partial charge in [0.1, 0.15) is 22.8 Å². The van der Waals surface area contributed by atoms with Crippen LogP contribution in [0.4, 0.5) is 11.4 Å². The third-order valence-corrected chi connectivity index (χ3v) is 10.1. The van der Waals surface area contributed by atoms with E-state index < -0.39 is 88.5 Å². The number of carbonyl (C=O) groups is 4. The third kappa shape index (κ3) is 5.18. The van der Waals surface area contributed by atoms with Crippen LogP contribution >= 0.6 is 0 Å². The second-order valence-corrected chi connectivity index (χ2v) is 13.1. The van der Waals surface area contributed by atoms with Crippen LogP contribution in [-0.2, 0) is 30.3 Å². The van der Waals surface area contributed by atoms with Crippen molar-refractivity contribution in [2.75, 3.05) is 37.9 Å². The topological polar surface area (TPSA) is 252 Å². The summed E-state index contributed by atoms with van der Waals surface area (Å²) in [4.78, 5) is 53.7. The molecule has 6 atom stereocenters. The summed E-state index contributed by atoms with van der Waals surface area (Å²) in [6, 6.07) is 6.82. The van der Waals surface area contributed by atoms with E-state index in [1.807, 2.05) is 6.07 Å². The summed E-state index contributed by atoms with van der Waals surface area (Å²) >= 11 is 0. The number of nitrogens with zero attached hydrogens (tertiary/aromatic N) is 1. The second-order valence-electron chi connectivity index (χ2n) is 13.1. The standard InChI is InChI=1S/C33H37BN4O11/c1-13-16-6-7-18(36-10-8-19(39)37-15-5-4-14-9-11-49-34(48)17(14)12-15)26(40)21(16)27(41)22-20(13)28(42)24-25(38(2)3)29(43)23(32(35)46)31(45)33(24,47)30(22)44/h4-7,12-13,20,24-25,28,36,40-42,45,47-48H,8-11H2,1-3H3,(H2,35,46)(H,37,39)/t13-,20+,24+,25-,28-,33-/m0/s1. The van der Waals surface area contributed by atoms with Crippen LogP contribution < -0.4 is 21.8 Å². The lowest BCUT2D eigenvalue weighted by Crippen LogP contribution is -2.70. The van der Waals surface area contributed by atoms with Gasteiger partial charge < -0.3 is 51.6 Å². The lowest BCUT2D eigenvalue weighted by Gasteiger charge is -2.53. The molecule has 0 radical (unpaired) electrons. The van der Waals surface area contributed by atoms with Gasteiger partial charge in [0.15, 0.2) is 11.4 Å². The zero-order chi connectivity index (χ0) is 35.7. The molecule has 2 aromatic carbocycles. The molecule has 10 N–H and O–H groups in total. The minimum absolute atomic E-state index is 0.0396. The van der Waals surface area contributed by atoms with E-state index in [-0.39, 0.29) is 30.1 Å². The molecular weight excluding hydrogens is 639 g/mol. The number of Topliss-reactive ketones (excluding diaryl/α,β-unsaturated/α-hetero) is 2. The maximum absolute atomic E-state index is 14.2. The number of hydrogen-bond donors (Lipinski definition) is 9. The molecule has 1 heterocycles. The van der Waals surface area contributed by atoms with Crippen molar-refractivity contribution in [2.24, 2.45) is 17.6 Å². The van der Waals surface area contributed by atoms with Crippen LogP contribution in [-0.4, -0.2) is 111 Å². The Balaban J connectivity index is 1.28. The third-order valence-electron chi connectivity index (χ3n) is 10.1. The van der Waals surface area contributed by atoms with Crippen LogP contribution in [0.15, 0.2) is 47.2 Å². The SMILES string of the molecule is C[C@H]1c2ccc(NCCC(=O)Nc3ccc4c(c3)B(O)OCC4)c(O)c2C(O)=C2C(=O)[C@]3(O)C(O)=C(C(N)=O)C(=O)[C@@H](N(C)C)[C@@H]3[C@@H](O)[C@@H]21. The fraction of sp³-hybridized carbons (Fsp3) is 0.394. The summed E-state index contributed by atoms with van der Waals surface area (Å²) in [7, 11) is 1.80. The molecule has 2 aromatic rings. The predicted octanol–water partition coefficient (Wildman–Crippen LogP) is -0.803. The Kier molecular flexibility index (Phi) is 8.57. The van der Waals surface area contributed by atoms with E-state index in [2.05, 4.69) is 10.6 Å². The first kappa shape index (κ1) is 34.1. The number of phenolic OH excluding ortho intramolecular Hbond substituents is 1. The van der Waals surface area contributed by atoms with Crippen LogP contribution in [0.3, 0.4) is 0 Å². The van der Waals surface area contributed by atoms with Crippen LogP contribution in [0.5, 0.6) is 5.75 Å². The summed E-state index contributed by atoms with van der Waals surface area (Å²) in [5.74, 6) is -10.1. The molecule has 2 amide bonds. The van der Waals surface area contributed by atoms with Crippen molar-refractivity contribution in [3.63, 3.8) is 0 Å². The zero-order valence-electron chi connectivity index (χ0n) is 26.9. The van der Waals surface area contributed by atoms with Gasteiger partial charge in [0.05, 0.1) is 29.3 Å². The molecule has 0 unspecified atom stereocenters. The number of aliphatic hydroxyl groups is 4. The molecule has 49 heavy (non-hydrogen) atoms. The van der Waals surface area contributed by atoms with Crippen molar-refractivity contribution in [1.29, 1.82) is 0 Å². The number of fused-ring (bicyclic) bond motifs is 4. The summed E-state index contributed by atoms with van der Waals surface area (Å²) in [5, 5.41) is 73.2. The molecule has 0 spiro atoms. The van der Waals surface area contributed by atoms with E-state index in [4.69, 9.17) is 10.4 Å². The van der Waals surface area contributed by atoms with Gasteiger partial charge >= 0.3 is 7.12 Å². The van der Waals surface area contributed by atoms with Crippen molar-refractivity contribution in [3.05, 3.63) is 63.9 Å². The first-order chi connectivity index (χ1) is 23.1. The number of aliphatic hydroxyl groups excluding tert-OH is 3. The largest absolute Gasteiger partial charge is 0.508 e. The van der Waals surface area contributed by atoms with Gasteiger partial charge in [-0.2, -0.15) is 0 Å². The summed E-state index contributed by atoms with van der Waals surface area (Å²) < 4.78 is 5.25. The normalized spacial score (nSPS) is 27.7. The van der Waals surface area contributed by atoms with Crippen LogP contribution in [0.2, 0.25) is 0 Å². The van der Waals surface area contributed by atoms with Gasteiger partial charge in [-0.25, -0.2) is 0 Å². The number of rotatable bonds is 7. The number of hydrogen-bond acceptors (Lipinski definition) is 13. The Bertz CT molecular complexity index is 1860. The molecule has 0 aromatic heterocycles. The highest BCUT2D eigenvalue weighted by Crippen LogP contribution is 2.56. The minimum Gasteiger partial charge on any atom is -0.508 e. The highest BCUT2D eigenvalue weighted by molar-refractivity contribution is 6.61. The van der Waals surface area contributed by atoms with E-state index >= 15 is 0 Å². The molecule has 0 saturated heterocycles. The minimum atomic E-state index is -3.01. The first-order valence-electron chi connectivity index (χ1n) is 15.8. The Morgan fingerprint density at radius 3 is 2.53 bits per heavy atom. The number of primary amides is 1. The molecule has 0 bridgehead atoms. The predicted molar refractivity (Wildman–Crippen MR) is 176 cm³/mol. The van der Waals surface area contributed by atoms with Gasteiger partial charge in [-0.15, -0.1) is 0 Å². The number of anilines is 2. The second kappa shape index (κ2) is 12.3.